The maximum absolute atomic E-state index is 14.1. The molecule has 2 rings (SSSR count). The van der Waals surface area contributed by atoms with E-state index in [1.165, 1.54) is 12.1 Å². The number of benzene rings is 2. The molecule has 0 heterocycles. The van der Waals surface area contributed by atoms with Gasteiger partial charge in [0.1, 0.15) is 5.82 Å². The second-order valence-electron chi connectivity index (χ2n) is 5.18. The highest BCUT2D eigenvalue weighted by Gasteiger charge is 2.43. The van der Waals surface area contributed by atoms with Gasteiger partial charge in [-0.05, 0) is 30.2 Å². The van der Waals surface area contributed by atoms with E-state index in [1.54, 1.807) is 37.3 Å². The second-order valence-corrected chi connectivity index (χ2v) is 5.18. The summed E-state index contributed by atoms with van der Waals surface area (Å²) < 4.78 is 54.9. The number of carbonyl (C=O) groups is 2. The summed E-state index contributed by atoms with van der Waals surface area (Å²) >= 11 is 0. The molecule has 0 spiro atoms. The summed E-state index contributed by atoms with van der Waals surface area (Å²) in [6, 6.07) is 12.0. The third kappa shape index (κ3) is 4.79. The van der Waals surface area contributed by atoms with Crippen LogP contribution >= 0.6 is 0 Å². The molecule has 2 aromatic carbocycles. The van der Waals surface area contributed by atoms with Crippen molar-refractivity contribution in [2.75, 3.05) is 4.90 Å². The molecule has 0 aliphatic carbocycles. The second kappa shape index (κ2) is 7.33. The topological polar surface area (TPSA) is 46.6 Å². The lowest BCUT2D eigenvalue weighted by Crippen LogP contribution is -2.37. The zero-order valence-electron chi connectivity index (χ0n) is 13.0. The minimum absolute atomic E-state index is 0.273. The molecule has 0 saturated carbocycles. The van der Waals surface area contributed by atoms with Gasteiger partial charge >= 0.3 is 18.2 Å². The van der Waals surface area contributed by atoms with Gasteiger partial charge in [0, 0.05) is 0 Å². The van der Waals surface area contributed by atoms with Crippen molar-refractivity contribution >= 4 is 17.7 Å². The molecule has 0 aliphatic heterocycles. The SMILES string of the molecule is Cc1ccc(F)c(N(Cc2ccccc2)C(=O)OC(=O)C(F)(F)F)c1. The normalized spacial score (nSPS) is 11.1. The van der Waals surface area contributed by atoms with Crippen LogP contribution in [0.5, 0.6) is 0 Å². The lowest BCUT2D eigenvalue weighted by molar-refractivity contribution is -0.192. The molecule has 0 aromatic heterocycles. The van der Waals surface area contributed by atoms with Crippen molar-refractivity contribution in [2.45, 2.75) is 19.6 Å². The first-order valence-electron chi connectivity index (χ1n) is 7.09. The van der Waals surface area contributed by atoms with Crippen molar-refractivity contribution in [2.24, 2.45) is 0 Å². The van der Waals surface area contributed by atoms with Gasteiger partial charge in [-0.2, -0.15) is 13.2 Å². The van der Waals surface area contributed by atoms with E-state index >= 15 is 0 Å². The van der Waals surface area contributed by atoms with Crippen molar-refractivity contribution in [1.82, 2.24) is 0 Å². The molecule has 0 aliphatic rings. The minimum Gasteiger partial charge on any atom is -0.369 e. The van der Waals surface area contributed by atoms with Crippen molar-refractivity contribution in [1.29, 1.82) is 0 Å². The van der Waals surface area contributed by atoms with Crippen LogP contribution in [0, 0.1) is 12.7 Å². The van der Waals surface area contributed by atoms with Gasteiger partial charge in [0.05, 0.1) is 12.2 Å². The van der Waals surface area contributed by atoms with Crippen molar-refractivity contribution in [3.63, 3.8) is 0 Å². The Bertz CT molecular complexity index is 775. The predicted octanol–water partition coefficient (Wildman–Crippen LogP) is 4.37. The van der Waals surface area contributed by atoms with Crippen LogP contribution in [-0.4, -0.2) is 18.2 Å². The number of anilines is 1. The first kappa shape index (κ1) is 18.4. The number of carbonyl (C=O) groups excluding carboxylic acids is 2. The highest BCUT2D eigenvalue weighted by molar-refractivity contribution is 5.96. The lowest BCUT2D eigenvalue weighted by atomic mass is 10.1. The summed E-state index contributed by atoms with van der Waals surface area (Å²) in [5.74, 6) is -3.50. The molecule has 1 amide bonds. The summed E-state index contributed by atoms with van der Waals surface area (Å²) in [6.45, 7) is 1.35. The van der Waals surface area contributed by atoms with Crippen LogP contribution in [0.1, 0.15) is 11.1 Å². The molecular formula is C17H13F4NO3. The zero-order valence-corrected chi connectivity index (χ0v) is 13.0. The molecule has 0 saturated heterocycles. The van der Waals surface area contributed by atoms with Crippen LogP contribution in [0.3, 0.4) is 0 Å². The van der Waals surface area contributed by atoms with E-state index in [1.807, 2.05) is 0 Å². The molecule has 0 unspecified atom stereocenters. The van der Waals surface area contributed by atoms with Crippen LogP contribution in [-0.2, 0) is 16.1 Å². The first-order chi connectivity index (χ1) is 11.7. The Morgan fingerprint density at radius 2 is 1.72 bits per heavy atom. The number of rotatable bonds is 3. The van der Waals surface area contributed by atoms with E-state index in [0.29, 0.717) is 16.0 Å². The molecule has 0 atom stereocenters. The number of nitrogens with zero attached hydrogens (tertiary/aromatic N) is 1. The van der Waals surface area contributed by atoms with Crippen LogP contribution < -0.4 is 4.90 Å². The van der Waals surface area contributed by atoms with E-state index in [4.69, 9.17) is 0 Å². The quantitative estimate of drug-likeness (QED) is 0.467. The standard InChI is InChI=1S/C17H13F4NO3/c1-11-7-8-13(18)14(9-11)22(10-12-5-3-2-4-6-12)16(24)25-15(23)17(19,20)21/h2-9H,10H2,1H3. The highest BCUT2D eigenvalue weighted by Crippen LogP contribution is 2.25. The Morgan fingerprint density at radius 3 is 2.32 bits per heavy atom. The van der Waals surface area contributed by atoms with E-state index in [9.17, 15) is 27.2 Å². The van der Waals surface area contributed by atoms with Gasteiger partial charge in [-0.1, -0.05) is 36.4 Å². The third-order valence-corrected chi connectivity index (χ3v) is 3.21. The maximum Gasteiger partial charge on any atom is 0.491 e. The fourth-order valence-electron chi connectivity index (χ4n) is 2.04. The van der Waals surface area contributed by atoms with E-state index in [-0.39, 0.29) is 12.2 Å². The molecule has 25 heavy (non-hydrogen) atoms. The van der Waals surface area contributed by atoms with Gasteiger partial charge < -0.3 is 4.74 Å². The number of hydrogen-bond donors (Lipinski definition) is 0. The van der Waals surface area contributed by atoms with Crippen molar-refractivity contribution in [3.05, 3.63) is 65.5 Å². The minimum atomic E-state index is -5.33. The summed E-state index contributed by atoms with van der Waals surface area (Å²) in [5.41, 5.74) is 0.799. The lowest BCUT2D eigenvalue weighted by Gasteiger charge is -2.23. The van der Waals surface area contributed by atoms with Gasteiger partial charge in [0.25, 0.3) is 0 Å². The molecule has 0 N–H and O–H groups in total. The molecular weight excluding hydrogens is 342 g/mol. The highest BCUT2D eigenvalue weighted by atomic mass is 19.4. The fraction of sp³-hybridized carbons (Fsp3) is 0.176. The molecule has 132 valence electrons. The largest absolute Gasteiger partial charge is 0.491 e. The Hall–Kier alpha value is -2.90. The van der Waals surface area contributed by atoms with E-state index < -0.39 is 24.1 Å². The number of esters is 1. The average Bonchev–Trinajstić information content (AvgIpc) is 2.55. The van der Waals surface area contributed by atoms with E-state index in [2.05, 4.69) is 4.74 Å². The molecule has 4 nitrogen and oxygen atoms in total. The number of alkyl halides is 3. The summed E-state index contributed by atoms with van der Waals surface area (Å²) in [7, 11) is 0. The zero-order chi connectivity index (χ0) is 18.6. The molecule has 8 heteroatoms. The van der Waals surface area contributed by atoms with Gasteiger partial charge in [0.2, 0.25) is 0 Å². The van der Waals surface area contributed by atoms with Gasteiger partial charge in [0.15, 0.2) is 0 Å². The molecule has 0 radical (unpaired) electrons. The molecule has 0 fully saturated rings. The van der Waals surface area contributed by atoms with Crippen molar-refractivity contribution < 1.29 is 31.9 Å². The van der Waals surface area contributed by atoms with Crippen LogP contribution in [0.4, 0.5) is 28.0 Å². The number of ether oxygens (including phenoxy) is 1. The Kier molecular flexibility index (Phi) is 5.41. The number of hydrogen-bond acceptors (Lipinski definition) is 3. The fourth-order valence-corrected chi connectivity index (χ4v) is 2.04. The molecule has 2 aromatic rings. The smallest absolute Gasteiger partial charge is 0.369 e. The summed E-state index contributed by atoms with van der Waals surface area (Å²) in [4.78, 5) is 23.7. The third-order valence-electron chi connectivity index (χ3n) is 3.21. The number of amides is 1. The molecule has 0 bridgehead atoms. The predicted molar refractivity (Wildman–Crippen MR) is 81.3 cm³/mol. The van der Waals surface area contributed by atoms with Crippen LogP contribution in [0.2, 0.25) is 0 Å². The van der Waals surface area contributed by atoms with Crippen molar-refractivity contribution in [3.8, 4) is 0 Å². The number of aryl methyl sites for hydroxylation is 1. The monoisotopic (exact) mass is 355 g/mol. The number of halogens is 4. The Labute approximate surface area is 140 Å². The van der Waals surface area contributed by atoms with Crippen LogP contribution in [0.25, 0.3) is 0 Å². The Balaban J connectivity index is 2.36. The van der Waals surface area contributed by atoms with Gasteiger partial charge in [-0.3, -0.25) is 4.90 Å². The Morgan fingerprint density at radius 1 is 1.08 bits per heavy atom. The maximum atomic E-state index is 14.1. The average molecular weight is 355 g/mol. The van der Waals surface area contributed by atoms with Gasteiger partial charge in [-0.25, -0.2) is 14.0 Å². The summed E-state index contributed by atoms with van der Waals surface area (Å²) in [6.07, 6.45) is -6.95. The van der Waals surface area contributed by atoms with Gasteiger partial charge in [-0.15, -0.1) is 0 Å². The summed E-state index contributed by atoms with van der Waals surface area (Å²) in [5, 5.41) is 0. The first-order valence-corrected chi connectivity index (χ1v) is 7.09. The van der Waals surface area contributed by atoms with Crippen LogP contribution in [0.15, 0.2) is 48.5 Å². The van der Waals surface area contributed by atoms with E-state index in [0.717, 1.165) is 6.07 Å².